The number of rotatable bonds is 4. The van der Waals surface area contributed by atoms with Crippen molar-refractivity contribution in [3.8, 4) is 0 Å². The molecule has 0 radical (unpaired) electrons. The van der Waals surface area contributed by atoms with Gasteiger partial charge in [0.05, 0.1) is 10.6 Å². The third-order valence-corrected chi connectivity index (χ3v) is 3.44. The average molecular weight is 361 g/mol. The molecule has 7 heteroatoms. The minimum Gasteiger partial charge on any atom is -0.478 e. The zero-order valence-corrected chi connectivity index (χ0v) is 13.9. The lowest BCUT2D eigenvalue weighted by molar-refractivity contribution is -0.131. The van der Waals surface area contributed by atoms with Crippen molar-refractivity contribution in [1.29, 1.82) is 0 Å². The van der Waals surface area contributed by atoms with Crippen molar-refractivity contribution < 1.29 is 14.7 Å². The van der Waals surface area contributed by atoms with Crippen LogP contribution in [0, 0.1) is 0 Å². The van der Waals surface area contributed by atoms with Gasteiger partial charge in [0.2, 0.25) is 0 Å². The predicted molar refractivity (Wildman–Crippen MR) is 98.3 cm³/mol. The molecule has 0 fully saturated rings. The lowest BCUT2D eigenvalue weighted by atomic mass is 10.2. The molecule has 0 spiro atoms. The van der Waals surface area contributed by atoms with E-state index < -0.39 is 11.9 Å². The summed E-state index contributed by atoms with van der Waals surface area (Å²) in [5.74, 6) is -1.45. The Morgan fingerprint density at radius 2 is 1.88 bits per heavy atom. The van der Waals surface area contributed by atoms with E-state index >= 15 is 0 Å². The molecule has 122 valence electrons. The predicted octanol–water partition coefficient (Wildman–Crippen LogP) is 3.56. The van der Waals surface area contributed by atoms with Gasteiger partial charge in [-0.2, -0.15) is 0 Å². The number of benzene rings is 2. The number of hydrogen-bond donors (Lipinski definition) is 3. The number of aliphatic carboxylic acids is 1. The van der Waals surface area contributed by atoms with Crippen molar-refractivity contribution in [3.05, 3.63) is 70.8 Å². The smallest absolute Gasteiger partial charge is 0.328 e. The van der Waals surface area contributed by atoms with Crippen molar-refractivity contribution in [1.82, 2.24) is 5.32 Å². The van der Waals surface area contributed by atoms with Gasteiger partial charge in [0.25, 0.3) is 5.91 Å². The Labute approximate surface area is 149 Å². The second-order valence-electron chi connectivity index (χ2n) is 4.69. The number of anilines is 1. The topological polar surface area (TPSA) is 78.4 Å². The summed E-state index contributed by atoms with van der Waals surface area (Å²) in [7, 11) is 0. The minimum atomic E-state index is -1.03. The molecule has 0 aliphatic heterocycles. The summed E-state index contributed by atoms with van der Waals surface area (Å²) in [6, 6.07) is 13.6. The van der Waals surface area contributed by atoms with Crippen LogP contribution in [0.5, 0.6) is 0 Å². The van der Waals surface area contributed by atoms with Crippen LogP contribution in [0.2, 0.25) is 5.02 Å². The fourth-order valence-corrected chi connectivity index (χ4v) is 2.30. The van der Waals surface area contributed by atoms with Crippen LogP contribution >= 0.6 is 23.8 Å². The van der Waals surface area contributed by atoms with Crippen molar-refractivity contribution >= 4 is 52.6 Å². The van der Waals surface area contributed by atoms with Crippen molar-refractivity contribution in [3.63, 3.8) is 0 Å². The van der Waals surface area contributed by atoms with Crippen LogP contribution in [0.25, 0.3) is 6.08 Å². The standard InChI is InChI=1S/C17H13ClN2O3S/c18-14-7-2-1-6-13(14)16(23)20-17(24)19-12-5-3-4-11(10-12)8-9-15(21)22/h1-10H,(H,21,22)(H2,19,20,23,24). The van der Waals surface area contributed by atoms with Crippen molar-refractivity contribution in [2.75, 3.05) is 5.32 Å². The second kappa shape index (κ2) is 8.24. The Morgan fingerprint density at radius 3 is 2.58 bits per heavy atom. The number of carbonyl (C=O) groups is 2. The fourth-order valence-electron chi connectivity index (χ4n) is 1.87. The number of halogens is 1. The Hall–Kier alpha value is -2.70. The third-order valence-electron chi connectivity index (χ3n) is 2.91. The largest absolute Gasteiger partial charge is 0.478 e. The first kappa shape index (κ1) is 17.7. The zero-order chi connectivity index (χ0) is 17.5. The molecule has 0 saturated heterocycles. The summed E-state index contributed by atoms with van der Waals surface area (Å²) in [4.78, 5) is 22.6. The lowest BCUT2D eigenvalue weighted by Gasteiger charge is -2.10. The van der Waals surface area contributed by atoms with Crippen LogP contribution in [0.15, 0.2) is 54.6 Å². The van der Waals surface area contributed by atoms with Crippen molar-refractivity contribution in [2.45, 2.75) is 0 Å². The maximum Gasteiger partial charge on any atom is 0.328 e. The highest BCUT2D eigenvalue weighted by molar-refractivity contribution is 7.80. The normalized spacial score (nSPS) is 10.4. The summed E-state index contributed by atoms with van der Waals surface area (Å²) in [5.41, 5.74) is 1.62. The molecule has 0 aliphatic carbocycles. The summed E-state index contributed by atoms with van der Waals surface area (Å²) < 4.78 is 0. The van der Waals surface area contributed by atoms with E-state index in [1.165, 1.54) is 6.08 Å². The molecule has 2 aromatic rings. The monoisotopic (exact) mass is 360 g/mol. The van der Waals surface area contributed by atoms with Crippen LogP contribution in [-0.2, 0) is 4.79 Å². The Morgan fingerprint density at radius 1 is 1.12 bits per heavy atom. The summed E-state index contributed by atoms with van der Waals surface area (Å²) in [6.07, 6.45) is 2.50. The summed E-state index contributed by atoms with van der Waals surface area (Å²) in [6.45, 7) is 0. The molecule has 0 bridgehead atoms. The quantitative estimate of drug-likeness (QED) is 0.574. The highest BCUT2D eigenvalue weighted by Gasteiger charge is 2.11. The number of thiocarbonyl (C=S) groups is 1. The van der Waals surface area contributed by atoms with Gasteiger partial charge < -0.3 is 10.4 Å². The average Bonchev–Trinajstić information content (AvgIpc) is 2.53. The van der Waals surface area contributed by atoms with Gasteiger partial charge in [0, 0.05) is 11.8 Å². The molecule has 0 aliphatic rings. The molecule has 3 N–H and O–H groups in total. The molecule has 24 heavy (non-hydrogen) atoms. The van der Waals surface area contributed by atoms with E-state index in [1.807, 2.05) is 0 Å². The van der Waals surface area contributed by atoms with Gasteiger partial charge in [-0.25, -0.2) is 4.79 Å². The molecular weight excluding hydrogens is 348 g/mol. The summed E-state index contributed by atoms with van der Waals surface area (Å²) >= 11 is 11.1. The van der Waals surface area contributed by atoms with Gasteiger partial charge in [-0.3, -0.25) is 10.1 Å². The maximum atomic E-state index is 12.1. The third kappa shape index (κ3) is 5.19. The molecule has 2 aromatic carbocycles. The van der Waals surface area contributed by atoms with E-state index in [4.69, 9.17) is 28.9 Å². The van der Waals surface area contributed by atoms with Gasteiger partial charge >= 0.3 is 5.97 Å². The van der Waals surface area contributed by atoms with Crippen molar-refractivity contribution in [2.24, 2.45) is 0 Å². The van der Waals surface area contributed by atoms with E-state index in [-0.39, 0.29) is 5.11 Å². The number of nitrogens with one attached hydrogen (secondary N) is 2. The second-order valence-corrected chi connectivity index (χ2v) is 5.50. The Kier molecular flexibility index (Phi) is 6.06. The lowest BCUT2D eigenvalue weighted by Crippen LogP contribution is -2.34. The minimum absolute atomic E-state index is 0.110. The first-order valence-corrected chi connectivity index (χ1v) is 7.62. The van der Waals surface area contributed by atoms with Gasteiger partial charge in [-0.1, -0.05) is 35.9 Å². The van der Waals surface area contributed by atoms with Gasteiger partial charge in [0.15, 0.2) is 5.11 Å². The molecule has 5 nitrogen and oxygen atoms in total. The SMILES string of the molecule is O=C(O)C=Cc1cccc(NC(=S)NC(=O)c2ccccc2Cl)c1. The van der Waals surface area contributed by atoms with Gasteiger partial charge in [-0.15, -0.1) is 0 Å². The molecule has 0 saturated carbocycles. The summed E-state index contributed by atoms with van der Waals surface area (Å²) in [5, 5.41) is 14.5. The molecule has 0 aromatic heterocycles. The highest BCUT2D eigenvalue weighted by atomic mass is 35.5. The first-order valence-electron chi connectivity index (χ1n) is 6.83. The number of hydrogen-bond acceptors (Lipinski definition) is 3. The van der Waals surface area contributed by atoms with Crippen LogP contribution in [0.4, 0.5) is 5.69 Å². The van der Waals surface area contributed by atoms with Gasteiger partial charge in [-0.05, 0) is 48.1 Å². The van der Waals surface area contributed by atoms with Crippen LogP contribution in [0.1, 0.15) is 15.9 Å². The highest BCUT2D eigenvalue weighted by Crippen LogP contribution is 2.15. The number of carboxylic acid groups (broad SMARTS) is 1. The molecule has 2 rings (SSSR count). The fraction of sp³-hybridized carbons (Fsp3) is 0. The van der Waals surface area contributed by atoms with Gasteiger partial charge in [0.1, 0.15) is 0 Å². The Bertz CT molecular complexity index is 821. The number of carbonyl (C=O) groups excluding carboxylic acids is 1. The van der Waals surface area contributed by atoms with E-state index in [9.17, 15) is 9.59 Å². The van der Waals surface area contributed by atoms with Crippen LogP contribution in [0.3, 0.4) is 0 Å². The Balaban J connectivity index is 2.02. The molecular formula is C17H13ClN2O3S. The molecule has 0 heterocycles. The number of amides is 1. The van der Waals surface area contributed by atoms with E-state index in [2.05, 4.69) is 10.6 Å². The van der Waals surface area contributed by atoms with E-state index in [0.717, 1.165) is 6.08 Å². The number of carboxylic acids is 1. The van der Waals surface area contributed by atoms with Crippen LogP contribution < -0.4 is 10.6 Å². The zero-order valence-electron chi connectivity index (χ0n) is 12.3. The molecule has 0 atom stereocenters. The molecule has 1 amide bonds. The maximum absolute atomic E-state index is 12.1. The molecule has 0 unspecified atom stereocenters. The van der Waals surface area contributed by atoms with E-state index in [1.54, 1.807) is 48.5 Å². The van der Waals surface area contributed by atoms with Crippen LogP contribution in [-0.4, -0.2) is 22.1 Å². The first-order chi connectivity index (χ1) is 11.5. The van der Waals surface area contributed by atoms with E-state index in [0.29, 0.717) is 21.8 Å².